The second-order valence-corrected chi connectivity index (χ2v) is 7.31. The van der Waals surface area contributed by atoms with E-state index in [0.717, 1.165) is 22.6 Å². The number of benzene rings is 5. The molecule has 1 heterocycles. The summed E-state index contributed by atoms with van der Waals surface area (Å²) in [5, 5.41) is 12.3. The van der Waals surface area contributed by atoms with Gasteiger partial charge in [-0.15, -0.1) is 0 Å². The third-order valence-corrected chi connectivity index (χ3v) is 5.60. The van der Waals surface area contributed by atoms with Crippen LogP contribution in [0, 0.1) is 0 Å². The average molecular weight is 370 g/mol. The van der Waals surface area contributed by atoms with Gasteiger partial charge in [-0.1, -0.05) is 91.0 Å². The van der Waals surface area contributed by atoms with Gasteiger partial charge >= 0.3 is 0 Å². The van der Waals surface area contributed by atoms with Gasteiger partial charge in [0.2, 0.25) is 0 Å². The maximum atomic E-state index is 5.15. The van der Waals surface area contributed by atoms with Crippen LogP contribution in [-0.4, -0.2) is 5.71 Å². The lowest BCUT2D eigenvalue weighted by Gasteiger charge is -2.29. The fourth-order valence-electron chi connectivity index (χ4n) is 4.29. The minimum absolute atomic E-state index is 1.00. The van der Waals surface area contributed by atoms with Gasteiger partial charge in [-0.3, -0.25) is 0 Å². The van der Waals surface area contributed by atoms with Crippen molar-refractivity contribution < 1.29 is 0 Å². The predicted molar refractivity (Wildman–Crippen MR) is 122 cm³/mol. The number of rotatable bonds is 2. The molecule has 0 unspecified atom stereocenters. The lowest BCUT2D eigenvalue weighted by Crippen LogP contribution is -2.20. The molecule has 0 bridgehead atoms. The van der Waals surface area contributed by atoms with E-state index >= 15 is 0 Å². The number of hydrogen-bond donors (Lipinski definition) is 0. The molecule has 0 fully saturated rings. The van der Waals surface area contributed by atoms with Gasteiger partial charge in [0.15, 0.2) is 0 Å². The molecular weight excluding hydrogens is 352 g/mol. The number of hydrogen-bond acceptors (Lipinski definition) is 2. The first-order valence-electron chi connectivity index (χ1n) is 9.84. The van der Waals surface area contributed by atoms with E-state index in [1.165, 1.54) is 27.1 Å². The number of hydrazone groups is 1. The third-order valence-electron chi connectivity index (χ3n) is 5.60. The maximum Gasteiger partial charge on any atom is 0.0991 e. The van der Waals surface area contributed by atoms with E-state index in [9.17, 15) is 0 Å². The van der Waals surface area contributed by atoms with Crippen LogP contribution in [0.5, 0.6) is 0 Å². The highest BCUT2D eigenvalue weighted by Gasteiger charge is 2.24. The Labute approximate surface area is 169 Å². The molecule has 6 rings (SSSR count). The minimum atomic E-state index is 1.00. The maximum absolute atomic E-state index is 5.15. The normalized spacial score (nSPS) is 13.0. The van der Waals surface area contributed by atoms with Gasteiger partial charge in [-0.25, -0.2) is 5.01 Å². The van der Waals surface area contributed by atoms with Gasteiger partial charge in [-0.05, 0) is 34.4 Å². The highest BCUT2D eigenvalue weighted by molar-refractivity contribution is 6.27. The first-order valence-corrected chi connectivity index (χ1v) is 9.84. The molecule has 5 aromatic rings. The van der Waals surface area contributed by atoms with Gasteiger partial charge in [0, 0.05) is 16.5 Å². The molecule has 0 aliphatic carbocycles. The van der Waals surface area contributed by atoms with Crippen molar-refractivity contribution in [1.82, 2.24) is 0 Å². The summed E-state index contributed by atoms with van der Waals surface area (Å²) in [4.78, 5) is 0. The van der Waals surface area contributed by atoms with Crippen molar-refractivity contribution in [2.45, 2.75) is 0 Å². The summed E-state index contributed by atoms with van der Waals surface area (Å²) in [5.41, 5.74) is 5.50. The van der Waals surface area contributed by atoms with Crippen LogP contribution in [0.2, 0.25) is 0 Å². The molecule has 2 nitrogen and oxygen atoms in total. The molecule has 0 saturated heterocycles. The Balaban J connectivity index is 1.75. The SMILES string of the molecule is c1ccc(C2=NN(c3ccccc3)c3cc4ccccc4c4cccc2c34)cc1. The molecule has 29 heavy (non-hydrogen) atoms. The second-order valence-electron chi connectivity index (χ2n) is 7.31. The summed E-state index contributed by atoms with van der Waals surface area (Å²) >= 11 is 0. The fourth-order valence-corrected chi connectivity index (χ4v) is 4.29. The minimum Gasteiger partial charge on any atom is -0.232 e. The molecular formula is C27H18N2. The first kappa shape index (κ1) is 16.1. The Morgan fingerprint density at radius 2 is 1.28 bits per heavy atom. The highest BCUT2D eigenvalue weighted by Crippen LogP contribution is 2.42. The summed E-state index contributed by atoms with van der Waals surface area (Å²) in [7, 11) is 0. The Kier molecular flexibility index (Phi) is 3.50. The summed E-state index contributed by atoms with van der Waals surface area (Å²) < 4.78 is 0. The number of nitrogens with zero attached hydrogens (tertiary/aromatic N) is 2. The van der Waals surface area contributed by atoms with E-state index < -0.39 is 0 Å². The quantitative estimate of drug-likeness (QED) is 0.309. The molecule has 1 aliphatic rings. The van der Waals surface area contributed by atoms with E-state index in [2.05, 4.69) is 102 Å². The Morgan fingerprint density at radius 3 is 2.10 bits per heavy atom. The lowest BCUT2D eigenvalue weighted by molar-refractivity contribution is 1.08. The second kappa shape index (κ2) is 6.32. The number of para-hydroxylation sites is 1. The van der Waals surface area contributed by atoms with E-state index in [4.69, 9.17) is 5.10 Å². The molecule has 0 aromatic heterocycles. The molecule has 5 aromatic carbocycles. The zero-order chi connectivity index (χ0) is 19.2. The van der Waals surface area contributed by atoms with Crippen molar-refractivity contribution >= 4 is 38.6 Å². The number of anilines is 2. The van der Waals surface area contributed by atoms with Crippen LogP contribution in [0.25, 0.3) is 21.5 Å². The van der Waals surface area contributed by atoms with Crippen LogP contribution in [-0.2, 0) is 0 Å². The van der Waals surface area contributed by atoms with Crippen molar-refractivity contribution in [3.8, 4) is 0 Å². The lowest BCUT2D eigenvalue weighted by atomic mass is 9.91. The van der Waals surface area contributed by atoms with Crippen LogP contribution in [0.4, 0.5) is 11.4 Å². The Bertz CT molecular complexity index is 1390. The monoisotopic (exact) mass is 370 g/mol. The summed E-state index contributed by atoms with van der Waals surface area (Å²) in [6.45, 7) is 0. The van der Waals surface area contributed by atoms with E-state index in [-0.39, 0.29) is 0 Å². The fraction of sp³-hybridized carbons (Fsp3) is 0. The van der Waals surface area contributed by atoms with Crippen molar-refractivity contribution in [3.63, 3.8) is 0 Å². The number of fused-ring (bicyclic) bond motifs is 2. The molecule has 0 N–H and O–H groups in total. The molecule has 0 saturated carbocycles. The van der Waals surface area contributed by atoms with Crippen LogP contribution < -0.4 is 5.01 Å². The highest BCUT2D eigenvalue weighted by atomic mass is 15.5. The van der Waals surface area contributed by atoms with Gasteiger partial charge in [-0.2, -0.15) is 5.10 Å². The molecule has 1 aliphatic heterocycles. The molecule has 0 amide bonds. The predicted octanol–water partition coefficient (Wildman–Crippen LogP) is 6.90. The molecule has 0 atom stereocenters. The zero-order valence-electron chi connectivity index (χ0n) is 15.8. The van der Waals surface area contributed by atoms with Crippen LogP contribution >= 0.6 is 0 Å². The molecule has 0 radical (unpaired) electrons. The van der Waals surface area contributed by atoms with Gasteiger partial charge < -0.3 is 0 Å². The van der Waals surface area contributed by atoms with Crippen molar-refractivity contribution in [2.24, 2.45) is 5.10 Å². The van der Waals surface area contributed by atoms with Crippen molar-refractivity contribution in [2.75, 3.05) is 5.01 Å². The van der Waals surface area contributed by atoms with E-state index in [1.54, 1.807) is 0 Å². The van der Waals surface area contributed by atoms with Crippen molar-refractivity contribution in [3.05, 3.63) is 120 Å². The third kappa shape index (κ3) is 2.46. The van der Waals surface area contributed by atoms with Gasteiger partial charge in [0.25, 0.3) is 0 Å². The summed E-state index contributed by atoms with van der Waals surface area (Å²) in [5.74, 6) is 0. The standard InChI is InChI=1S/C27H18N2/c1-3-10-19(11-4-1)27-24-17-9-16-23-22-15-8-7-12-20(22)18-25(26(23)24)29(28-27)21-13-5-2-6-14-21/h1-18H. The Morgan fingerprint density at radius 1 is 0.586 bits per heavy atom. The smallest absolute Gasteiger partial charge is 0.0991 e. The molecule has 2 heteroatoms. The zero-order valence-corrected chi connectivity index (χ0v) is 15.8. The molecule has 136 valence electrons. The van der Waals surface area contributed by atoms with E-state index in [1.807, 2.05) is 12.1 Å². The largest absolute Gasteiger partial charge is 0.232 e. The van der Waals surface area contributed by atoms with Crippen LogP contribution in [0.15, 0.2) is 114 Å². The first-order chi connectivity index (χ1) is 14.4. The average Bonchev–Trinajstić information content (AvgIpc) is 2.80. The van der Waals surface area contributed by atoms with E-state index in [0.29, 0.717) is 0 Å². The molecule has 0 spiro atoms. The summed E-state index contributed by atoms with van der Waals surface area (Å²) in [6.07, 6.45) is 0. The van der Waals surface area contributed by atoms with Crippen LogP contribution in [0.1, 0.15) is 11.1 Å². The Hall–Kier alpha value is -3.91. The van der Waals surface area contributed by atoms with Crippen LogP contribution in [0.3, 0.4) is 0 Å². The summed E-state index contributed by atoms with van der Waals surface area (Å²) in [6, 6.07) is 38.3. The topological polar surface area (TPSA) is 15.6 Å². The van der Waals surface area contributed by atoms with Crippen molar-refractivity contribution in [1.29, 1.82) is 0 Å². The van der Waals surface area contributed by atoms with Gasteiger partial charge in [0.1, 0.15) is 0 Å². The van der Waals surface area contributed by atoms with Gasteiger partial charge in [0.05, 0.1) is 17.1 Å².